The van der Waals surface area contributed by atoms with Crippen molar-refractivity contribution in [3.05, 3.63) is 41.6 Å². The minimum Gasteiger partial charge on any atom is -0.378 e. The van der Waals surface area contributed by atoms with Gasteiger partial charge in [0.25, 0.3) is 0 Å². The molecule has 112 valence electrons. The maximum Gasteiger partial charge on any atom is 0.127 e. The summed E-state index contributed by atoms with van der Waals surface area (Å²) in [4.78, 5) is 2.10. The predicted molar refractivity (Wildman–Crippen MR) is 90.5 cm³/mol. The van der Waals surface area contributed by atoms with Crippen molar-refractivity contribution in [3.63, 3.8) is 0 Å². The second-order valence-electron chi connectivity index (χ2n) is 4.71. The van der Waals surface area contributed by atoms with Crippen LogP contribution in [0.5, 0.6) is 0 Å². The molecular formula is C14H22Cl2N4. The van der Waals surface area contributed by atoms with E-state index in [1.165, 1.54) is 16.8 Å². The monoisotopic (exact) mass is 316 g/mol. The second-order valence-corrected chi connectivity index (χ2v) is 4.71. The van der Waals surface area contributed by atoms with Gasteiger partial charge in [0, 0.05) is 38.9 Å². The van der Waals surface area contributed by atoms with Crippen LogP contribution in [0.3, 0.4) is 0 Å². The summed E-state index contributed by atoms with van der Waals surface area (Å²) >= 11 is 0. The number of anilines is 2. The zero-order chi connectivity index (χ0) is 13.1. The Hall–Kier alpha value is -1.39. The van der Waals surface area contributed by atoms with Crippen molar-refractivity contribution in [1.82, 2.24) is 9.78 Å². The van der Waals surface area contributed by atoms with Crippen LogP contribution in [-0.4, -0.2) is 23.9 Å². The number of hydrogen-bond donors (Lipinski definition) is 1. The first-order chi connectivity index (χ1) is 8.58. The predicted octanol–water partition coefficient (Wildman–Crippen LogP) is 3.25. The molecule has 1 N–H and O–H groups in total. The van der Waals surface area contributed by atoms with Gasteiger partial charge in [0.2, 0.25) is 0 Å². The highest BCUT2D eigenvalue weighted by atomic mass is 35.5. The molecule has 4 nitrogen and oxygen atoms in total. The molecule has 1 heterocycles. The molecule has 2 rings (SSSR count). The summed E-state index contributed by atoms with van der Waals surface area (Å²) < 4.78 is 1.86. The molecule has 0 aliphatic rings. The van der Waals surface area contributed by atoms with Gasteiger partial charge >= 0.3 is 0 Å². The molecule has 0 aliphatic carbocycles. The average molecular weight is 317 g/mol. The summed E-state index contributed by atoms with van der Waals surface area (Å²) in [6.07, 6.45) is 1.87. The Bertz CT molecular complexity index is 501. The maximum atomic E-state index is 4.21. The molecule has 1 aromatic carbocycles. The molecule has 0 radical (unpaired) electrons. The number of halogens is 2. The fourth-order valence-electron chi connectivity index (χ4n) is 1.90. The molecule has 0 bridgehead atoms. The van der Waals surface area contributed by atoms with E-state index < -0.39 is 0 Å². The molecule has 1 aromatic heterocycles. The zero-order valence-electron chi connectivity index (χ0n) is 12.3. The number of benzene rings is 1. The van der Waals surface area contributed by atoms with E-state index in [1.807, 2.05) is 32.0 Å². The number of nitrogens with zero attached hydrogens (tertiary/aromatic N) is 3. The van der Waals surface area contributed by atoms with Crippen molar-refractivity contribution in [3.8, 4) is 0 Å². The van der Waals surface area contributed by atoms with Crippen LogP contribution in [0.15, 0.2) is 30.5 Å². The van der Waals surface area contributed by atoms with Crippen molar-refractivity contribution in [2.75, 3.05) is 24.3 Å². The Morgan fingerprint density at radius 2 is 1.75 bits per heavy atom. The number of aryl methyl sites for hydroxylation is 2. The normalized spacial score (nSPS) is 9.40. The highest BCUT2D eigenvalue weighted by Crippen LogP contribution is 2.16. The summed E-state index contributed by atoms with van der Waals surface area (Å²) in [5, 5.41) is 7.63. The Kier molecular flexibility index (Phi) is 7.46. The van der Waals surface area contributed by atoms with Crippen LogP contribution in [-0.2, 0) is 13.6 Å². The molecule has 0 spiro atoms. The number of rotatable bonds is 4. The maximum absolute atomic E-state index is 4.21. The Morgan fingerprint density at radius 1 is 1.15 bits per heavy atom. The van der Waals surface area contributed by atoms with Crippen LogP contribution in [0, 0.1) is 6.92 Å². The SMILES string of the molecule is Cc1cnn(C)c1NCc1ccc(N(C)C)cc1.Cl.Cl. The van der Waals surface area contributed by atoms with Gasteiger partial charge in [-0.05, 0) is 24.6 Å². The molecule has 2 aromatic rings. The molecule has 6 heteroatoms. The summed E-state index contributed by atoms with van der Waals surface area (Å²) in [5.41, 5.74) is 3.65. The van der Waals surface area contributed by atoms with Gasteiger partial charge in [0.15, 0.2) is 0 Å². The molecule has 0 amide bonds. The van der Waals surface area contributed by atoms with E-state index in [1.54, 1.807) is 0 Å². The Morgan fingerprint density at radius 3 is 2.20 bits per heavy atom. The molecule has 0 aliphatic heterocycles. The lowest BCUT2D eigenvalue weighted by molar-refractivity contribution is 0.768. The standard InChI is InChI=1S/C14H20N4.2ClH/c1-11-9-16-18(4)14(11)15-10-12-5-7-13(8-6-12)17(2)3;;/h5-9,15H,10H2,1-4H3;2*1H. The van der Waals surface area contributed by atoms with E-state index in [0.29, 0.717) is 0 Å². The first-order valence-electron chi connectivity index (χ1n) is 6.06. The largest absolute Gasteiger partial charge is 0.378 e. The first kappa shape index (κ1) is 18.6. The highest BCUT2D eigenvalue weighted by molar-refractivity contribution is 5.85. The van der Waals surface area contributed by atoms with Gasteiger partial charge in [-0.1, -0.05) is 12.1 Å². The van der Waals surface area contributed by atoms with Gasteiger partial charge in [0.1, 0.15) is 5.82 Å². The lowest BCUT2D eigenvalue weighted by Crippen LogP contribution is -2.09. The van der Waals surface area contributed by atoms with Crippen LogP contribution in [0.1, 0.15) is 11.1 Å². The van der Waals surface area contributed by atoms with E-state index in [4.69, 9.17) is 0 Å². The quantitative estimate of drug-likeness (QED) is 0.940. The Labute approximate surface area is 133 Å². The molecule has 0 saturated carbocycles. The van der Waals surface area contributed by atoms with Gasteiger partial charge in [-0.15, -0.1) is 24.8 Å². The van der Waals surface area contributed by atoms with Crippen molar-refractivity contribution < 1.29 is 0 Å². The van der Waals surface area contributed by atoms with E-state index in [-0.39, 0.29) is 24.8 Å². The van der Waals surface area contributed by atoms with E-state index in [0.717, 1.165) is 12.4 Å². The molecule has 0 unspecified atom stereocenters. The first-order valence-corrected chi connectivity index (χ1v) is 6.06. The second kappa shape index (κ2) is 8.02. The van der Waals surface area contributed by atoms with E-state index in [2.05, 4.69) is 46.5 Å². The minimum absolute atomic E-state index is 0. The number of hydrogen-bond acceptors (Lipinski definition) is 3. The van der Waals surface area contributed by atoms with Gasteiger partial charge in [-0.25, -0.2) is 0 Å². The summed E-state index contributed by atoms with van der Waals surface area (Å²) in [6.45, 7) is 2.87. The average Bonchev–Trinajstić information content (AvgIpc) is 2.67. The number of aromatic nitrogens is 2. The lowest BCUT2D eigenvalue weighted by atomic mass is 10.2. The molecule has 0 saturated heterocycles. The minimum atomic E-state index is 0. The van der Waals surface area contributed by atoms with Crippen LogP contribution in [0.4, 0.5) is 11.5 Å². The van der Waals surface area contributed by atoms with Crippen LogP contribution < -0.4 is 10.2 Å². The molecule has 20 heavy (non-hydrogen) atoms. The topological polar surface area (TPSA) is 33.1 Å². The van der Waals surface area contributed by atoms with Crippen molar-refractivity contribution in [2.24, 2.45) is 7.05 Å². The van der Waals surface area contributed by atoms with Gasteiger partial charge in [-0.2, -0.15) is 5.10 Å². The third-order valence-corrected chi connectivity index (χ3v) is 3.03. The zero-order valence-corrected chi connectivity index (χ0v) is 13.9. The fraction of sp³-hybridized carbons (Fsp3) is 0.357. The van der Waals surface area contributed by atoms with Crippen molar-refractivity contribution >= 4 is 36.3 Å². The molecule has 0 atom stereocenters. The van der Waals surface area contributed by atoms with Crippen LogP contribution in [0.25, 0.3) is 0 Å². The van der Waals surface area contributed by atoms with Gasteiger partial charge in [0.05, 0.1) is 6.20 Å². The smallest absolute Gasteiger partial charge is 0.127 e. The third-order valence-electron chi connectivity index (χ3n) is 3.03. The van der Waals surface area contributed by atoms with Crippen molar-refractivity contribution in [2.45, 2.75) is 13.5 Å². The van der Waals surface area contributed by atoms with Gasteiger partial charge in [-0.3, -0.25) is 4.68 Å². The Balaban J connectivity index is 0.00000180. The summed E-state index contributed by atoms with van der Waals surface area (Å²) in [5.74, 6) is 1.08. The lowest BCUT2D eigenvalue weighted by Gasteiger charge is -2.13. The van der Waals surface area contributed by atoms with Crippen molar-refractivity contribution in [1.29, 1.82) is 0 Å². The van der Waals surface area contributed by atoms with Crippen LogP contribution >= 0.6 is 24.8 Å². The molecular weight excluding hydrogens is 295 g/mol. The highest BCUT2D eigenvalue weighted by Gasteiger charge is 2.03. The van der Waals surface area contributed by atoms with E-state index >= 15 is 0 Å². The summed E-state index contributed by atoms with van der Waals surface area (Å²) in [7, 11) is 6.04. The van der Waals surface area contributed by atoms with Gasteiger partial charge < -0.3 is 10.2 Å². The number of nitrogens with one attached hydrogen (secondary N) is 1. The summed E-state index contributed by atoms with van der Waals surface area (Å²) in [6, 6.07) is 8.56. The van der Waals surface area contributed by atoms with E-state index in [9.17, 15) is 0 Å². The van der Waals surface area contributed by atoms with Crippen LogP contribution in [0.2, 0.25) is 0 Å². The third kappa shape index (κ3) is 4.32. The molecule has 0 fully saturated rings. The fourth-order valence-corrected chi connectivity index (χ4v) is 1.90.